The number of aryl methyl sites for hydroxylation is 1. The van der Waals surface area contributed by atoms with E-state index in [4.69, 9.17) is 11.5 Å². The summed E-state index contributed by atoms with van der Waals surface area (Å²) in [6, 6.07) is 8.95. The Hall–Kier alpha value is -4.46. The van der Waals surface area contributed by atoms with Crippen LogP contribution in [0, 0.1) is 0 Å². The molecule has 2 aromatic heterocycles. The van der Waals surface area contributed by atoms with Crippen LogP contribution in [-0.2, 0) is 28.9 Å². The van der Waals surface area contributed by atoms with Gasteiger partial charge in [0.1, 0.15) is 17.0 Å². The molecule has 1 amide bonds. The molecule has 0 unspecified atom stereocenters. The predicted molar refractivity (Wildman–Crippen MR) is 151 cm³/mol. The van der Waals surface area contributed by atoms with Crippen molar-refractivity contribution in [3.05, 3.63) is 88.6 Å². The summed E-state index contributed by atoms with van der Waals surface area (Å²) >= 11 is 1.40. The first kappa shape index (κ1) is 32.8. The Bertz CT molecular complexity index is 1300. The van der Waals surface area contributed by atoms with Gasteiger partial charge in [0.25, 0.3) is 0 Å². The number of hydrogen-bond acceptors (Lipinski definition) is 10. The van der Waals surface area contributed by atoms with Crippen molar-refractivity contribution in [1.29, 1.82) is 0 Å². The van der Waals surface area contributed by atoms with E-state index >= 15 is 0 Å². The molecule has 3 rings (SSSR count). The zero-order valence-corrected chi connectivity index (χ0v) is 23.2. The number of amides is 1. The number of carbonyl (C=O) groups excluding carboxylic acids is 2. The zero-order valence-electron chi connectivity index (χ0n) is 22.4. The topological polar surface area (TPSA) is 158 Å². The molecule has 220 valence electrons. The molecule has 0 atom stereocenters. The number of allylic oxidation sites excluding steroid dienone is 3. The average Bonchev–Trinajstić information content (AvgIpc) is 3.37. The van der Waals surface area contributed by atoms with Gasteiger partial charge in [-0.25, -0.2) is 0 Å². The van der Waals surface area contributed by atoms with Crippen LogP contribution in [0.2, 0.25) is 0 Å². The van der Waals surface area contributed by atoms with Crippen LogP contribution in [0.3, 0.4) is 0 Å². The number of rotatable bonds is 13. The lowest BCUT2D eigenvalue weighted by Crippen LogP contribution is -2.17. The van der Waals surface area contributed by atoms with Gasteiger partial charge in [-0.2, -0.15) is 0 Å². The summed E-state index contributed by atoms with van der Waals surface area (Å²) in [7, 11) is 1.76. The van der Waals surface area contributed by atoms with E-state index in [0.29, 0.717) is 22.8 Å². The molecule has 0 aliphatic heterocycles. The van der Waals surface area contributed by atoms with Crippen LogP contribution in [-0.4, -0.2) is 40.8 Å². The zero-order chi connectivity index (χ0) is 30.1. The van der Waals surface area contributed by atoms with Crippen molar-refractivity contribution in [3.63, 3.8) is 0 Å². The van der Waals surface area contributed by atoms with Gasteiger partial charge >= 0.3 is 6.36 Å². The third-order valence-corrected chi connectivity index (χ3v) is 6.05. The number of nitrogens with one attached hydrogen (secondary N) is 2. The molecular formula is C27H32F3N7O3S. The van der Waals surface area contributed by atoms with Crippen molar-refractivity contribution >= 4 is 28.7 Å². The molecule has 0 fully saturated rings. The summed E-state index contributed by atoms with van der Waals surface area (Å²) in [5.74, 6) is 0.151. The minimum atomic E-state index is -4.69. The van der Waals surface area contributed by atoms with Crippen LogP contribution in [0.25, 0.3) is 0 Å². The number of ether oxygens (including phenoxy) is 1. The van der Waals surface area contributed by atoms with Gasteiger partial charge in [0.2, 0.25) is 11.0 Å². The van der Waals surface area contributed by atoms with Gasteiger partial charge in [0.05, 0.1) is 12.2 Å². The number of halogens is 3. The number of alkyl halides is 3. The fourth-order valence-corrected chi connectivity index (χ4v) is 3.99. The summed E-state index contributed by atoms with van der Waals surface area (Å²) in [6.07, 6.45) is 6.67. The molecule has 41 heavy (non-hydrogen) atoms. The first-order chi connectivity index (χ1) is 19.6. The molecule has 0 saturated heterocycles. The Morgan fingerprint density at radius 2 is 1.83 bits per heavy atom. The van der Waals surface area contributed by atoms with Crippen LogP contribution in [0.4, 0.5) is 18.3 Å². The predicted octanol–water partition coefficient (Wildman–Crippen LogP) is 4.02. The summed E-state index contributed by atoms with van der Waals surface area (Å²) in [4.78, 5) is 26.1. The third-order valence-electron chi connectivity index (χ3n) is 5.15. The van der Waals surface area contributed by atoms with Gasteiger partial charge in [-0.3, -0.25) is 9.78 Å². The number of hydrogen-bond donors (Lipinski definition) is 4. The summed E-state index contributed by atoms with van der Waals surface area (Å²) < 4.78 is 39.0. The Balaban J connectivity index is 0.000000353. The molecule has 1 aromatic carbocycles. The average molecular weight is 592 g/mol. The summed E-state index contributed by atoms with van der Waals surface area (Å²) in [6.45, 7) is 0. The molecule has 0 bridgehead atoms. The van der Waals surface area contributed by atoms with Gasteiger partial charge < -0.3 is 31.6 Å². The Morgan fingerprint density at radius 3 is 2.51 bits per heavy atom. The number of aromatic nitrogens is 3. The summed E-state index contributed by atoms with van der Waals surface area (Å²) in [5.41, 5.74) is 13.8. The minimum Gasteiger partial charge on any atom is -0.406 e. The second-order valence-corrected chi connectivity index (χ2v) is 9.53. The molecule has 10 nitrogen and oxygen atoms in total. The highest BCUT2D eigenvalue weighted by molar-refractivity contribution is 7.15. The fraction of sp³-hybridized carbons (Fsp3) is 0.296. The first-order valence-electron chi connectivity index (χ1n) is 12.5. The minimum absolute atomic E-state index is 0.0784. The number of nitrogens with two attached hydrogens (primary N) is 2. The highest BCUT2D eigenvalue weighted by Gasteiger charge is 2.31. The number of unbranched alkanes of at least 4 members (excludes halogenated alkanes) is 1. The van der Waals surface area contributed by atoms with Gasteiger partial charge in [0, 0.05) is 38.0 Å². The lowest BCUT2D eigenvalue weighted by atomic mass is 10.1. The normalized spacial score (nSPS) is 11.7. The molecular weight excluding hydrogens is 559 g/mol. The SMILES string of the molecule is CN/C(N)=C/C=C(\N)CCCCc1nnc(NC(=O)Cc2ccncc2)s1.O=CCc1cccc(OC(F)(F)F)c1. The Morgan fingerprint density at radius 1 is 1.07 bits per heavy atom. The fourth-order valence-electron chi connectivity index (χ4n) is 3.19. The van der Waals surface area contributed by atoms with Crippen molar-refractivity contribution in [3.8, 4) is 5.75 Å². The maximum atomic E-state index is 12.0. The van der Waals surface area contributed by atoms with Crippen LogP contribution in [0.5, 0.6) is 5.75 Å². The Kier molecular flexibility index (Phi) is 13.8. The van der Waals surface area contributed by atoms with E-state index in [0.717, 1.165) is 42.0 Å². The smallest absolute Gasteiger partial charge is 0.406 e. The van der Waals surface area contributed by atoms with Crippen molar-refractivity contribution in [1.82, 2.24) is 20.5 Å². The molecule has 0 spiro atoms. The van der Waals surface area contributed by atoms with E-state index in [1.54, 1.807) is 31.6 Å². The molecule has 0 aliphatic rings. The van der Waals surface area contributed by atoms with E-state index in [1.165, 1.54) is 29.5 Å². The van der Waals surface area contributed by atoms with E-state index in [9.17, 15) is 22.8 Å². The second-order valence-electron chi connectivity index (χ2n) is 8.47. The van der Waals surface area contributed by atoms with Gasteiger partial charge in [-0.15, -0.1) is 23.4 Å². The Labute approximate surface area is 239 Å². The number of benzene rings is 1. The van der Waals surface area contributed by atoms with Gasteiger partial charge in [-0.05, 0) is 66.8 Å². The number of pyridine rings is 1. The van der Waals surface area contributed by atoms with Crippen LogP contribution < -0.4 is 26.8 Å². The summed E-state index contributed by atoms with van der Waals surface area (Å²) in [5, 5.41) is 15.2. The lowest BCUT2D eigenvalue weighted by molar-refractivity contribution is -0.274. The quantitative estimate of drug-likeness (QED) is 0.131. The maximum Gasteiger partial charge on any atom is 0.573 e. The first-order valence-corrected chi connectivity index (χ1v) is 13.3. The highest BCUT2D eigenvalue weighted by atomic mass is 32.1. The molecule has 3 aromatic rings. The van der Waals surface area contributed by atoms with Crippen LogP contribution in [0.15, 0.2) is 72.5 Å². The van der Waals surface area contributed by atoms with Crippen molar-refractivity contribution in [2.75, 3.05) is 12.4 Å². The van der Waals surface area contributed by atoms with Gasteiger partial charge in [0.15, 0.2) is 0 Å². The lowest BCUT2D eigenvalue weighted by Gasteiger charge is -2.08. The number of carbonyl (C=O) groups is 2. The maximum absolute atomic E-state index is 12.0. The molecule has 6 N–H and O–H groups in total. The van der Waals surface area contributed by atoms with E-state index < -0.39 is 6.36 Å². The van der Waals surface area contributed by atoms with E-state index in [1.807, 2.05) is 18.2 Å². The molecule has 14 heteroatoms. The molecule has 2 heterocycles. The highest BCUT2D eigenvalue weighted by Crippen LogP contribution is 2.23. The van der Waals surface area contributed by atoms with Crippen molar-refractivity contribution in [2.24, 2.45) is 11.5 Å². The van der Waals surface area contributed by atoms with Crippen molar-refractivity contribution in [2.45, 2.75) is 44.9 Å². The largest absolute Gasteiger partial charge is 0.573 e. The van der Waals surface area contributed by atoms with E-state index in [-0.39, 0.29) is 24.5 Å². The molecule has 0 saturated carbocycles. The molecule has 0 radical (unpaired) electrons. The van der Waals surface area contributed by atoms with Crippen molar-refractivity contribution < 1.29 is 27.5 Å². The number of aldehydes is 1. The number of anilines is 1. The van der Waals surface area contributed by atoms with E-state index in [2.05, 4.69) is 30.6 Å². The third kappa shape index (κ3) is 14.5. The number of nitrogens with zero attached hydrogens (tertiary/aromatic N) is 3. The van der Waals surface area contributed by atoms with Crippen LogP contribution in [0.1, 0.15) is 35.4 Å². The molecule has 0 aliphatic carbocycles. The second kappa shape index (κ2) is 17.3. The monoisotopic (exact) mass is 591 g/mol. The van der Waals surface area contributed by atoms with Gasteiger partial charge in [-0.1, -0.05) is 23.5 Å². The standard InChI is InChI=1S/C18H25N7OS.C9H7F3O2/c1-21-15(20)7-6-14(19)4-2-3-5-17-24-25-18(27-17)23-16(26)12-13-8-10-22-11-9-13;10-9(11,12)14-8-3-1-2-7(6-8)4-5-13/h6-11,21H,2-5,12,19-20H2,1H3,(H,23,25,26);1-3,5-6H,4H2/b14-6-,15-7+;. The van der Waals surface area contributed by atoms with Crippen LogP contribution >= 0.6 is 11.3 Å².